The molecule has 0 aliphatic carbocycles. The standard InChI is InChI=1S/C11H19N3O/c1-3-12-6-9(2)14-8-10-7-13-5-4-11(10)15/h4-5,7,9,12,14H,3,6,8H2,1-2H3,(H,13,15). The van der Waals surface area contributed by atoms with Crippen LogP contribution in [0.1, 0.15) is 19.4 Å². The monoisotopic (exact) mass is 209 g/mol. The third-order valence-corrected chi connectivity index (χ3v) is 2.25. The Morgan fingerprint density at radius 3 is 3.00 bits per heavy atom. The third kappa shape index (κ3) is 4.27. The van der Waals surface area contributed by atoms with Gasteiger partial charge in [0.1, 0.15) is 0 Å². The number of hydrogen-bond donors (Lipinski definition) is 3. The summed E-state index contributed by atoms with van der Waals surface area (Å²) < 4.78 is 0. The van der Waals surface area contributed by atoms with Crippen LogP contribution in [-0.2, 0) is 6.54 Å². The summed E-state index contributed by atoms with van der Waals surface area (Å²) in [7, 11) is 0. The van der Waals surface area contributed by atoms with Gasteiger partial charge in [0, 0.05) is 43.2 Å². The van der Waals surface area contributed by atoms with E-state index in [4.69, 9.17) is 0 Å². The summed E-state index contributed by atoms with van der Waals surface area (Å²) in [6, 6.07) is 1.91. The van der Waals surface area contributed by atoms with Gasteiger partial charge >= 0.3 is 0 Å². The van der Waals surface area contributed by atoms with Crippen molar-refractivity contribution in [2.24, 2.45) is 0 Å². The summed E-state index contributed by atoms with van der Waals surface area (Å²) in [5.41, 5.74) is 0.859. The van der Waals surface area contributed by atoms with Gasteiger partial charge in [0.15, 0.2) is 5.43 Å². The van der Waals surface area contributed by atoms with Crippen LogP contribution in [0.3, 0.4) is 0 Å². The van der Waals surface area contributed by atoms with Gasteiger partial charge in [0.25, 0.3) is 0 Å². The van der Waals surface area contributed by atoms with Crippen molar-refractivity contribution in [1.29, 1.82) is 0 Å². The average molecular weight is 209 g/mol. The van der Waals surface area contributed by atoms with Crippen molar-refractivity contribution in [2.45, 2.75) is 26.4 Å². The molecule has 1 unspecified atom stereocenters. The lowest BCUT2D eigenvalue weighted by molar-refractivity contribution is 0.508. The molecule has 0 aliphatic heterocycles. The molecule has 0 amide bonds. The fraction of sp³-hybridized carbons (Fsp3) is 0.545. The number of hydrogen-bond acceptors (Lipinski definition) is 3. The van der Waals surface area contributed by atoms with Gasteiger partial charge in [-0.2, -0.15) is 0 Å². The Morgan fingerprint density at radius 2 is 2.33 bits per heavy atom. The first-order valence-electron chi connectivity index (χ1n) is 5.34. The van der Waals surface area contributed by atoms with Gasteiger partial charge in [-0.25, -0.2) is 0 Å². The van der Waals surface area contributed by atoms with E-state index in [9.17, 15) is 4.79 Å². The molecule has 1 heterocycles. The van der Waals surface area contributed by atoms with Gasteiger partial charge in [0.05, 0.1) is 0 Å². The van der Waals surface area contributed by atoms with Crippen LogP contribution in [0, 0.1) is 0 Å². The van der Waals surface area contributed by atoms with Gasteiger partial charge < -0.3 is 15.6 Å². The van der Waals surface area contributed by atoms with E-state index in [1.54, 1.807) is 18.5 Å². The molecule has 3 N–H and O–H groups in total. The van der Waals surface area contributed by atoms with Crippen molar-refractivity contribution >= 4 is 0 Å². The lowest BCUT2D eigenvalue weighted by Gasteiger charge is -2.13. The second-order valence-corrected chi connectivity index (χ2v) is 3.62. The molecule has 4 nitrogen and oxygen atoms in total. The van der Waals surface area contributed by atoms with Crippen LogP contribution in [0.2, 0.25) is 0 Å². The number of pyridine rings is 1. The quantitative estimate of drug-likeness (QED) is 0.638. The molecule has 0 spiro atoms. The van der Waals surface area contributed by atoms with Crippen LogP contribution in [0.5, 0.6) is 0 Å². The number of aromatic nitrogens is 1. The van der Waals surface area contributed by atoms with E-state index in [0.717, 1.165) is 18.7 Å². The van der Waals surface area contributed by atoms with Crippen LogP contribution in [-0.4, -0.2) is 24.1 Å². The third-order valence-electron chi connectivity index (χ3n) is 2.25. The molecule has 0 aliphatic rings. The first kappa shape index (κ1) is 11.9. The molecule has 0 aromatic carbocycles. The number of rotatable bonds is 6. The highest BCUT2D eigenvalue weighted by molar-refractivity contribution is 5.08. The molecule has 0 bridgehead atoms. The summed E-state index contributed by atoms with van der Waals surface area (Å²) >= 11 is 0. The molecule has 0 radical (unpaired) electrons. The van der Waals surface area contributed by atoms with Crippen LogP contribution in [0.4, 0.5) is 0 Å². The molecule has 1 aromatic rings. The van der Waals surface area contributed by atoms with Gasteiger partial charge in [-0.3, -0.25) is 4.79 Å². The zero-order chi connectivity index (χ0) is 11.1. The Labute approximate surface area is 90.1 Å². The number of nitrogens with one attached hydrogen (secondary N) is 3. The molecule has 0 saturated heterocycles. The molecule has 15 heavy (non-hydrogen) atoms. The molecule has 1 rings (SSSR count). The second-order valence-electron chi connectivity index (χ2n) is 3.62. The predicted octanol–water partition coefficient (Wildman–Crippen LogP) is 0.462. The minimum absolute atomic E-state index is 0.0805. The minimum Gasteiger partial charge on any atom is -0.367 e. The number of likely N-dealkylation sites (N-methyl/N-ethyl adjacent to an activating group) is 1. The van der Waals surface area contributed by atoms with Crippen molar-refractivity contribution in [3.63, 3.8) is 0 Å². The minimum atomic E-state index is 0.0805. The van der Waals surface area contributed by atoms with E-state index in [2.05, 4.69) is 29.5 Å². The maximum Gasteiger partial charge on any atom is 0.186 e. The van der Waals surface area contributed by atoms with Gasteiger partial charge in [0.2, 0.25) is 0 Å². The highest BCUT2D eigenvalue weighted by Gasteiger charge is 2.02. The maximum absolute atomic E-state index is 11.4. The van der Waals surface area contributed by atoms with Gasteiger partial charge in [-0.1, -0.05) is 6.92 Å². The fourth-order valence-corrected chi connectivity index (χ4v) is 1.31. The first-order valence-corrected chi connectivity index (χ1v) is 5.34. The first-order chi connectivity index (χ1) is 7.24. The van der Waals surface area contributed by atoms with E-state index in [1.165, 1.54) is 0 Å². The number of H-pyrrole nitrogens is 1. The maximum atomic E-state index is 11.4. The number of aromatic amines is 1. The van der Waals surface area contributed by atoms with Crippen LogP contribution in [0.25, 0.3) is 0 Å². The molecule has 84 valence electrons. The van der Waals surface area contributed by atoms with E-state index >= 15 is 0 Å². The van der Waals surface area contributed by atoms with Crippen LogP contribution >= 0.6 is 0 Å². The lowest BCUT2D eigenvalue weighted by Crippen LogP contribution is -2.36. The molecular weight excluding hydrogens is 190 g/mol. The smallest absolute Gasteiger partial charge is 0.186 e. The zero-order valence-corrected chi connectivity index (χ0v) is 9.34. The zero-order valence-electron chi connectivity index (χ0n) is 9.34. The predicted molar refractivity (Wildman–Crippen MR) is 61.9 cm³/mol. The summed E-state index contributed by atoms with van der Waals surface area (Å²) in [4.78, 5) is 14.3. The van der Waals surface area contributed by atoms with E-state index in [1.807, 2.05) is 0 Å². The molecule has 0 fully saturated rings. The topological polar surface area (TPSA) is 56.9 Å². The molecule has 4 heteroatoms. The lowest BCUT2D eigenvalue weighted by atomic mass is 10.2. The van der Waals surface area contributed by atoms with Gasteiger partial charge in [-0.15, -0.1) is 0 Å². The Bertz CT molecular complexity index is 335. The van der Waals surface area contributed by atoms with Crippen molar-refractivity contribution in [3.05, 3.63) is 34.2 Å². The summed E-state index contributed by atoms with van der Waals surface area (Å²) in [6.45, 7) is 6.68. The SMILES string of the molecule is CCNCC(C)NCc1c[nH]ccc1=O. The molecular formula is C11H19N3O. The molecule has 1 aromatic heterocycles. The second kappa shape index (κ2) is 6.37. The van der Waals surface area contributed by atoms with Crippen LogP contribution < -0.4 is 16.1 Å². The Morgan fingerprint density at radius 1 is 1.53 bits per heavy atom. The van der Waals surface area contributed by atoms with Crippen molar-refractivity contribution in [1.82, 2.24) is 15.6 Å². The average Bonchev–Trinajstić information content (AvgIpc) is 2.25. The van der Waals surface area contributed by atoms with E-state index in [0.29, 0.717) is 12.6 Å². The largest absolute Gasteiger partial charge is 0.367 e. The highest BCUT2D eigenvalue weighted by Crippen LogP contribution is 1.89. The Balaban J connectivity index is 2.37. The fourth-order valence-electron chi connectivity index (χ4n) is 1.31. The van der Waals surface area contributed by atoms with Crippen molar-refractivity contribution < 1.29 is 0 Å². The normalized spacial score (nSPS) is 12.7. The van der Waals surface area contributed by atoms with Crippen molar-refractivity contribution in [3.8, 4) is 0 Å². The molecule has 1 atom stereocenters. The van der Waals surface area contributed by atoms with Crippen molar-refractivity contribution in [2.75, 3.05) is 13.1 Å². The van der Waals surface area contributed by atoms with E-state index in [-0.39, 0.29) is 5.43 Å². The summed E-state index contributed by atoms with van der Waals surface area (Å²) in [5, 5.41) is 6.54. The molecule has 0 saturated carbocycles. The Hall–Kier alpha value is -1.13. The van der Waals surface area contributed by atoms with E-state index < -0.39 is 0 Å². The highest BCUT2D eigenvalue weighted by atomic mass is 16.1. The van der Waals surface area contributed by atoms with Crippen LogP contribution in [0.15, 0.2) is 23.3 Å². The van der Waals surface area contributed by atoms with Gasteiger partial charge in [-0.05, 0) is 13.5 Å². The Kier molecular flexibility index (Phi) is 5.07. The summed E-state index contributed by atoms with van der Waals surface area (Å²) in [6.07, 6.45) is 3.39. The summed E-state index contributed by atoms with van der Waals surface area (Å²) in [5.74, 6) is 0.